The van der Waals surface area contributed by atoms with Crippen LogP contribution in [0.15, 0.2) is 0 Å². The van der Waals surface area contributed by atoms with Crippen LogP contribution in [0.5, 0.6) is 5.88 Å². The van der Waals surface area contributed by atoms with Crippen molar-refractivity contribution < 1.29 is 14.3 Å². The van der Waals surface area contributed by atoms with Gasteiger partial charge in [-0.25, -0.2) is 0 Å². The fraction of sp³-hybridized carbons (Fsp3) is 0.643. The molecular formula is C14H20N6O3. The molecule has 0 aliphatic carbocycles. The Balaban J connectivity index is 1.58. The fourth-order valence-corrected chi connectivity index (χ4v) is 3.29. The van der Waals surface area contributed by atoms with E-state index < -0.39 is 5.60 Å². The average Bonchev–Trinajstić information content (AvgIpc) is 2.65. The van der Waals surface area contributed by atoms with E-state index in [0.29, 0.717) is 44.4 Å². The molecular weight excluding hydrogens is 300 g/mol. The monoisotopic (exact) mass is 320 g/mol. The Morgan fingerprint density at radius 2 is 2.17 bits per heavy atom. The number of rotatable bonds is 1. The maximum absolute atomic E-state index is 12.6. The van der Waals surface area contributed by atoms with Crippen LogP contribution >= 0.6 is 0 Å². The third kappa shape index (κ3) is 2.45. The van der Waals surface area contributed by atoms with Crippen LogP contribution in [0, 0.1) is 5.92 Å². The van der Waals surface area contributed by atoms with Gasteiger partial charge in [-0.1, -0.05) is 0 Å². The highest BCUT2D eigenvalue weighted by atomic mass is 16.6. The summed E-state index contributed by atoms with van der Waals surface area (Å²) in [5.41, 5.74) is 11.6. The summed E-state index contributed by atoms with van der Waals surface area (Å²) in [6.45, 7) is 3.38. The molecule has 1 atom stereocenters. The van der Waals surface area contributed by atoms with Gasteiger partial charge in [-0.3, -0.25) is 4.79 Å². The quantitative estimate of drug-likeness (QED) is 0.564. The van der Waals surface area contributed by atoms with Crippen LogP contribution in [0.25, 0.3) is 0 Å². The molecule has 0 aromatic carbocycles. The van der Waals surface area contributed by atoms with Crippen molar-refractivity contribution in [3.63, 3.8) is 0 Å². The first-order valence-electron chi connectivity index (χ1n) is 7.74. The van der Waals surface area contributed by atoms with E-state index in [1.54, 1.807) is 0 Å². The maximum atomic E-state index is 12.6. The number of hydrogen-bond acceptors (Lipinski definition) is 8. The number of carbonyl (C=O) groups is 1. The normalized spacial score (nSPS) is 27.2. The van der Waals surface area contributed by atoms with Crippen molar-refractivity contribution in [2.24, 2.45) is 5.92 Å². The van der Waals surface area contributed by atoms with Crippen molar-refractivity contribution in [2.45, 2.75) is 12.0 Å². The number of anilines is 2. The van der Waals surface area contributed by atoms with Crippen molar-refractivity contribution >= 4 is 17.7 Å². The Morgan fingerprint density at radius 1 is 1.35 bits per heavy atom. The van der Waals surface area contributed by atoms with Crippen LogP contribution < -0.4 is 21.5 Å². The largest absolute Gasteiger partial charge is 0.466 e. The molecule has 1 spiro atoms. The highest BCUT2D eigenvalue weighted by molar-refractivity contribution is 5.80. The molecule has 1 aromatic heterocycles. The molecule has 0 unspecified atom stereocenters. The molecule has 1 amide bonds. The van der Waals surface area contributed by atoms with Crippen molar-refractivity contribution in [3.8, 4) is 5.88 Å². The molecule has 9 nitrogen and oxygen atoms in total. The summed E-state index contributed by atoms with van der Waals surface area (Å²) in [7, 11) is 0. The van der Waals surface area contributed by atoms with Gasteiger partial charge in [-0.15, -0.1) is 0 Å². The summed E-state index contributed by atoms with van der Waals surface area (Å²) in [4.78, 5) is 22.5. The molecule has 4 heterocycles. The smallest absolute Gasteiger partial charge is 0.228 e. The number of nitrogen functional groups attached to an aromatic ring is 2. The molecule has 0 saturated carbocycles. The Labute approximate surface area is 133 Å². The first-order valence-corrected chi connectivity index (χ1v) is 7.74. The van der Waals surface area contributed by atoms with E-state index in [9.17, 15) is 4.79 Å². The van der Waals surface area contributed by atoms with Gasteiger partial charge in [0.05, 0.1) is 31.2 Å². The second-order valence-electron chi connectivity index (χ2n) is 6.38. The molecule has 5 N–H and O–H groups in total. The van der Waals surface area contributed by atoms with Gasteiger partial charge in [0.1, 0.15) is 5.82 Å². The van der Waals surface area contributed by atoms with Gasteiger partial charge < -0.3 is 31.2 Å². The Hall–Kier alpha value is -2.13. The number of nitrogens with one attached hydrogen (secondary N) is 1. The zero-order valence-corrected chi connectivity index (χ0v) is 12.7. The van der Waals surface area contributed by atoms with Crippen molar-refractivity contribution in [3.05, 3.63) is 5.56 Å². The van der Waals surface area contributed by atoms with E-state index in [1.807, 2.05) is 4.90 Å². The molecule has 4 rings (SSSR count). The number of aromatic nitrogens is 2. The summed E-state index contributed by atoms with van der Waals surface area (Å²) >= 11 is 0. The average molecular weight is 320 g/mol. The Bertz CT molecular complexity index is 650. The van der Waals surface area contributed by atoms with Crippen LogP contribution in [0.3, 0.4) is 0 Å². The molecule has 23 heavy (non-hydrogen) atoms. The first-order chi connectivity index (χ1) is 11.1. The molecule has 124 valence electrons. The number of ether oxygens (including phenoxy) is 2. The van der Waals surface area contributed by atoms with E-state index in [1.165, 1.54) is 0 Å². The van der Waals surface area contributed by atoms with Crippen molar-refractivity contribution in [1.82, 2.24) is 20.2 Å². The van der Waals surface area contributed by atoms with Crippen molar-refractivity contribution in [1.29, 1.82) is 0 Å². The second kappa shape index (κ2) is 5.20. The van der Waals surface area contributed by atoms with Gasteiger partial charge in [0.15, 0.2) is 5.60 Å². The highest BCUT2D eigenvalue weighted by Gasteiger charge is 2.46. The van der Waals surface area contributed by atoms with Gasteiger partial charge in [-0.2, -0.15) is 9.97 Å². The topological polar surface area (TPSA) is 129 Å². The number of hydrogen-bond donors (Lipinski definition) is 3. The van der Waals surface area contributed by atoms with Crippen molar-refractivity contribution in [2.75, 3.05) is 50.9 Å². The lowest BCUT2D eigenvalue weighted by atomic mass is 9.96. The van der Waals surface area contributed by atoms with Crippen LogP contribution in [0.4, 0.5) is 11.8 Å². The van der Waals surface area contributed by atoms with Gasteiger partial charge in [-0.05, 0) is 0 Å². The number of nitrogens with two attached hydrogens (primary N) is 2. The van der Waals surface area contributed by atoms with Gasteiger partial charge in [0.2, 0.25) is 17.7 Å². The lowest BCUT2D eigenvalue weighted by molar-refractivity contribution is -0.139. The number of amides is 1. The number of carbonyl (C=O) groups excluding carboxylic acids is 1. The minimum absolute atomic E-state index is 0.0504. The van der Waals surface area contributed by atoms with Gasteiger partial charge in [0, 0.05) is 26.1 Å². The van der Waals surface area contributed by atoms with Crippen LogP contribution in [0.2, 0.25) is 0 Å². The molecule has 0 radical (unpaired) electrons. The molecule has 9 heteroatoms. The second-order valence-corrected chi connectivity index (χ2v) is 6.38. The zero-order valence-electron chi connectivity index (χ0n) is 12.7. The SMILES string of the molecule is Nc1nc(N)c2c(n1)O[C@@]1(COCCN(C(=O)C3CNC3)C1)C2. The third-order valence-electron chi connectivity index (χ3n) is 4.62. The summed E-state index contributed by atoms with van der Waals surface area (Å²) in [5, 5.41) is 3.13. The first kappa shape index (κ1) is 14.5. The Kier molecular flexibility index (Phi) is 3.27. The van der Waals surface area contributed by atoms with Gasteiger partial charge in [0.25, 0.3) is 0 Å². The minimum atomic E-state index is -0.664. The summed E-state index contributed by atoms with van der Waals surface area (Å²) in [5.74, 6) is 1.01. The van der Waals surface area contributed by atoms with Gasteiger partial charge >= 0.3 is 0 Å². The maximum Gasteiger partial charge on any atom is 0.228 e. The predicted molar refractivity (Wildman–Crippen MR) is 81.7 cm³/mol. The zero-order chi connectivity index (χ0) is 16.0. The van der Waals surface area contributed by atoms with E-state index >= 15 is 0 Å². The molecule has 3 aliphatic heterocycles. The lowest BCUT2D eigenvalue weighted by Crippen LogP contribution is -2.56. The number of fused-ring (bicyclic) bond motifs is 1. The summed E-state index contributed by atoms with van der Waals surface area (Å²) in [6.07, 6.45) is 0.515. The van der Waals surface area contributed by atoms with E-state index in [-0.39, 0.29) is 17.8 Å². The fourth-order valence-electron chi connectivity index (χ4n) is 3.29. The molecule has 1 aromatic rings. The number of nitrogens with zero attached hydrogens (tertiary/aromatic N) is 3. The van der Waals surface area contributed by atoms with Crippen LogP contribution in [0.1, 0.15) is 5.56 Å². The predicted octanol–water partition coefficient (Wildman–Crippen LogP) is -1.61. The molecule has 2 saturated heterocycles. The van der Waals surface area contributed by atoms with Crippen LogP contribution in [-0.2, 0) is 16.0 Å². The summed E-state index contributed by atoms with van der Waals surface area (Å²) in [6, 6.07) is 0. The standard InChI is InChI=1S/C14H20N6O3/c15-10-9-3-14(23-11(9)19-13(16)18-10)6-20(1-2-22-7-14)12(21)8-4-17-5-8/h8,17H,1-7H2,(H4,15,16,18,19)/t14-/m0/s1. The Morgan fingerprint density at radius 3 is 2.91 bits per heavy atom. The lowest BCUT2D eigenvalue weighted by Gasteiger charge is -2.35. The third-order valence-corrected chi connectivity index (χ3v) is 4.62. The van der Waals surface area contributed by atoms with E-state index in [4.69, 9.17) is 20.9 Å². The van der Waals surface area contributed by atoms with E-state index in [0.717, 1.165) is 18.7 Å². The minimum Gasteiger partial charge on any atom is -0.466 e. The highest BCUT2D eigenvalue weighted by Crippen LogP contribution is 2.38. The molecule has 3 aliphatic rings. The van der Waals surface area contributed by atoms with Crippen LogP contribution in [-0.4, -0.2) is 65.8 Å². The molecule has 2 fully saturated rings. The van der Waals surface area contributed by atoms with E-state index in [2.05, 4.69) is 15.3 Å². The summed E-state index contributed by atoms with van der Waals surface area (Å²) < 4.78 is 11.7. The molecule has 0 bridgehead atoms.